The third-order valence-electron chi connectivity index (χ3n) is 9.35. The Kier molecular flexibility index (Phi) is 10.6. The van der Waals surface area contributed by atoms with Crippen molar-refractivity contribution in [2.75, 3.05) is 53.6 Å². The molecule has 8 nitrogen and oxygen atoms in total. The van der Waals surface area contributed by atoms with Crippen molar-refractivity contribution in [3.05, 3.63) is 59.2 Å². The molecule has 1 saturated carbocycles. The molecule has 2 amide bonds. The smallest absolute Gasteiger partial charge is 0.254 e. The first-order valence-corrected chi connectivity index (χ1v) is 16.1. The molecule has 1 heterocycles. The zero-order chi connectivity index (χ0) is 30.3. The molecule has 2 aromatic rings. The highest BCUT2D eigenvalue weighted by Gasteiger charge is 2.41. The van der Waals surface area contributed by atoms with Gasteiger partial charge in [0, 0.05) is 69.9 Å². The minimum Gasteiger partial charge on any atom is -0.493 e. The van der Waals surface area contributed by atoms with Gasteiger partial charge in [-0.25, -0.2) is 0 Å². The fourth-order valence-electron chi connectivity index (χ4n) is 6.67. The SMILES string of the molecule is COCCCOc1cc(C(=O)N(C[C@@H]2CNC[C@H]2CN(C(=O)C2CCc3ccccc3C2)C2CC2)C(C)C)ccc1OC. The van der Waals surface area contributed by atoms with Crippen LogP contribution in [0.15, 0.2) is 42.5 Å². The summed E-state index contributed by atoms with van der Waals surface area (Å²) in [6.45, 7) is 8.36. The summed E-state index contributed by atoms with van der Waals surface area (Å²) in [5.41, 5.74) is 3.31. The number of benzene rings is 2. The van der Waals surface area contributed by atoms with Crippen LogP contribution in [0.4, 0.5) is 0 Å². The molecule has 1 unspecified atom stereocenters. The van der Waals surface area contributed by atoms with Crippen LogP contribution in [0.3, 0.4) is 0 Å². The van der Waals surface area contributed by atoms with Crippen LogP contribution < -0.4 is 14.8 Å². The average Bonchev–Trinajstić information content (AvgIpc) is 3.78. The maximum Gasteiger partial charge on any atom is 0.254 e. The van der Waals surface area contributed by atoms with Crippen molar-refractivity contribution in [1.29, 1.82) is 0 Å². The van der Waals surface area contributed by atoms with Crippen molar-refractivity contribution in [2.24, 2.45) is 17.8 Å². The largest absolute Gasteiger partial charge is 0.493 e. The molecule has 1 N–H and O–H groups in total. The molecule has 1 aliphatic heterocycles. The number of ether oxygens (including phenoxy) is 3. The zero-order valence-electron chi connectivity index (χ0n) is 26.3. The number of hydrogen-bond donors (Lipinski definition) is 1. The normalized spacial score (nSPS) is 21.4. The van der Waals surface area contributed by atoms with Crippen LogP contribution in [0.5, 0.6) is 11.5 Å². The number of nitrogens with one attached hydrogen (secondary N) is 1. The molecule has 3 atom stereocenters. The van der Waals surface area contributed by atoms with Gasteiger partial charge in [0.05, 0.1) is 13.7 Å². The Bertz CT molecular complexity index is 1250. The highest BCUT2D eigenvalue weighted by atomic mass is 16.5. The van der Waals surface area contributed by atoms with Gasteiger partial charge < -0.3 is 29.3 Å². The lowest BCUT2D eigenvalue weighted by atomic mass is 9.83. The topological polar surface area (TPSA) is 80.3 Å². The number of carbonyl (C=O) groups excluding carboxylic acids is 2. The van der Waals surface area contributed by atoms with E-state index in [1.807, 2.05) is 11.0 Å². The van der Waals surface area contributed by atoms with Gasteiger partial charge in [0.15, 0.2) is 11.5 Å². The quantitative estimate of drug-likeness (QED) is 0.324. The number of nitrogens with zero attached hydrogens (tertiary/aromatic N) is 2. The molecule has 234 valence electrons. The summed E-state index contributed by atoms with van der Waals surface area (Å²) < 4.78 is 16.6. The average molecular weight is 592 g/mol. The molecule has 5 rings (SSSR count). The number of fused-ring (bicyclic) bond motifs is 1. The maximum absolute atomic E-state index is 13.9. The standard InChI is InChI=1S/C35H49N3O5/c1-24(2)37(34(39)28-12-15-32(42-4)33(19-28)43-17-7-16-41-3)22-29-20-36-21-30(29)23-38(31-13-14-31)35(40)27-11-10-25-8-5-6-9-26(25)18-27/h5-6,8-9,12,15,19,24,27,29-31,36H,7,10-11,13-14,16-18,20-23H2,1-4H3/t27?,29-,30-/m0/s1. The van der Waals surface area contributed by atoms with Crippen LogP contribution in [0.1, 0.15) is 61.0 Å². The predicted molar refractivity (Wildman–Crippen MR) is 168 cm³/mol. The van der Waals surface area contributed by atoms with Crippen LogP contribution in [-0.4, -0.2) is 87.3 Å². The fraction of sp³-hybridized carbons (Fsp3) is 0.600. The van der Waals surface area contributed by atoms with E-state index < -0.39 is 0 Å². The first kappa shape index (κ1) is 31.3. The van der Waals surface area contributed by atoms with Crippen molar-refractivity contribution in [2.45, 2.75) is 64.5 Å². The van der Waals surface area contributed by atoms with Crippen molar-refractivity contribution in [3.8, 4) is 11.5 Å². The molecule has 0 radical (unpaired) electrons. The van der Waals surface area contributed by atoms with Gasteiger partial charge in [-0.1, -0.05) is 24.3 Å². The van der Waals surface area contributed by atoms with Gasteiger partial charge in [0.1, 0.15) is 0 Å². The number of hydrogen-bond acceptors (Lipinski definition) is 6. The second-order valence-corrected chi connectivity index (χ2v) is 12.7. The second-order valence-electron chi connectivity index (χ2n) is 12.7. The highest BCUT2D eigenvalue weighted by Crippen LogP contribution is 2.35. The number of amides is 2. The van der Waals surface area contributed by atoms with Gasteiger partial charge in [0.2, 0.25) is 5.91 Å². The lowest BCUT2D eigenvalue weighted by Gasteiger charge is -2.35. The summed E-state index contributed by atoms with van der Waals surface area (Å²) in [5, 5.41) is 3.58. The molecule has 8 heteroatoms. The predicted octanol–water partition coefficient (Wildman–Crippen LogP) is 4.59. The third kappa shape index (κ3) is 7.71. The Morgan fingerprint density at radius 1 is 0.930 bits per heavy atom. The van der Waals surface area contributed by atoms with Gasteiger partial charge in [0.25, 0.3) is 5.91 Å². The van der Waals surface area contributed by atoms with Crippen molar-refractivity contribution < 1.29 is 23.8 Å². The third-order valence-corrected chi connectivity index (χ3v) is 9.35. The molecule has 2 aromatic carbocycles. The molecule has 0 spiro atoms. The van der Waals surface area contributed by atoms with E-state index in [9.17, 15) is 9.59 Å². The van der Waals surface area contributed by atoms with Crippen LogP contribution in [0, 0.1) is 17.8 Å². The van der Waals surface area contributed by atoms with E-state index in [1.165, 1.54) is 11.1 Å². The van der Waals surface area contributed by atoms with Gasteiger partial charge >= 0.3 is 0 Å². The molecule has 3 aliphatic rings. The molecule has 0 aromatic heterocycles. The van der Waals surface area contributed by atoms with Crippen LogP contribution >= 0.6 is 0 Å². The zero-order valence-corrected chi connectivity index (χ0v) is 26.3. The number of rotatable bonds is 14. The van der Waals surface area contributed by atoms with E-state index in [2.05, 4.69) is 48.3 Å². The van der Waals surface area contributed by atoms with Crippen molar-refractivity contribution >= 4 is 11.8 Å². The first-order valence-electron chi connectivity index (χ1n) is 16.1. The van der Waals surface area contributed by atoms with Gasteiger partial charge in [-0.2, -0.15) is 0 Å². The first-order chi connectivity index (χ1) is 20.9. The monoisotopic (exact) mass is 591 g/mol. The lowest BCUT2D eigenvalue weighted by Crippen LogP contribution is -2.46. The second kappa shape index (κ2) is 14.6. The van der Waals surface area contributed by atoms with Gasteiger partial charge in [-0.3, -0.25) is 9.59 Å². The van der Waals surface area contributed by atoms with Crippen molar-refractivity contribution in [3.63, 3.8) is 0 Å². The Labute approximate surface area is 257 Å². The van der Waals surface area contributed by atoms with Crippen LogP contribution in [0.25, 0.3) is 0 Å². The van der Waals surface area contributed by atoms with E-state index in [-0.39, 0.29) is 23.8 Å². The highest BCUT2D eigenvalue weighted by molar-refractivity contribution is 5.95. The minimum absolute atomic E-state index is 0.0129. The summed E-state index contributed by atoms with van der Waals surface area (Å²) in [6.07, 6.45) is 5.71. The Morgan fingerprint density at radius 3 is 2.37 bits per heavy atom. The maximum atomic E-state index is 13.9. The van der Waals surface area contributed by atoms with E-state index in [1.54, 1.807) is 26.4 Å². The van der Waals surface area contributed by atoms with Gasteiger partial charge in [-0.15, -0.1) is 0 Å². The summed E-state index contributed by atoms with van der Waals surface area (Å²) in [6, 6.07) is 14.4. The van der Waals surface area contributed by atoms with E-state index in [0.717, 1.165) is 58.2 Å². The van der Waals surface area contributed by atoms with Gasteiger partial charge in [-0.05, 0) is 87.1 Å². The van der Waals surface area contributed by atoms with Crippen molar-refractivity contribution in [1.82, 2.24) is 15.1 Å². The van der Waals surface area contributed by atoms with E-state index >= 15 is 0 Å². The number of carbonyl (C=O) groups is 2. The summed E-state index contributed by atoms with van der Waals surface area (Å²) in [7, 11) is 3.28. The molecular formula is C35H49N3O5. The number of aryl methyl sites for hydroxylation is 1. The summed E-state index contributed by atoms with van der Waals surface area (Å²) in [5.74, 6) is 2.14. The Morgan fingerprint density at radius 2 is 1.67 bits per heavy atom. The molecule has 0 bridgehead atoms. The summed E-state index contributed by atoms with van der Waals surface area (Å²) in [4.78, 5) is 32.0. The van der Waals surface area contributed by atoms with E-state index in [0.29, 0.717) is 54.7 Å². The lowest BCUT2D eigenvalue weighted by molar-refractivity contribution is -0.137. The molecular weight excluding hydrogens is 542 g/mol. The van der Waals surface area contributed by atoms with Crippen LogP contribution in [0.2, 0.25) is 0 Å². The number of methoxy groups -OCH3 is 2. The molecule has 2 fully saturated rings. The molecule has 1 saturated heterocycles. The Hall–Kier alpha value is -3.10. The van der Waals surface area contributed by atoms with E-state index in [4.69, 9.17) is 14.2 Å². The minimum atomic E-state index is -0.0129. The molecule has 43 heavy (non-hydrogen) atoms. The molecule has 2 aliphatic carbocycles. The Balaban J connectivity index is 1.25. The summed E-state index contributed by atoms with van der Waals surface area (Å²) >= 11 is 0. The fourth-order valence-corrected chi connectivity index (χ4v) is 6.67. The van der Waals surface area contributed by atoms with Crippen LogP contribution in [-0.2, 0) is 22.4 Å².